The van der Waals surface area contributed by atoms with E-state index in [-0.39, 0.29) is 19.2 Å². The lowest BCUT2D eigenvalue weighted by molar-refractivity contribution is 0.0999. The lowest BCUT2D eigenvalue weighted by Crippen LogP contribution is -2.37. The number of nitrogens with zero attached hydrogens (tertiary/aromatic N) is 1. The Balaban J connectivity index is 2.80. The van der Waals surface area contributed by atoms with Crippen molar-refractivity contribution in [3.63, 3.8) is 0 Å². The number of anilines is 1. The summed E-state index contributed by atoms with van der Waals surface area (Å²) in [4.78, 5) is 25.0. The molecule has 0 saturated heterocycles. The van der Waals surface area contributed by atoms with Crippen LogP contribution < -0.4 is 11.1 Å². The number of nitrogens with one attached hydrogen (secondary N) is 1. The summed E-state index contributed by atoms with van der Waals surface area (Å²) >= 11 is 0. The highest BCUT2D eigenvalue weighted by atomic mass is 16.3. The van der Waals surface area contributed by atoms with Crippen LogP contribution in [-0.4, -0.2) is 41.6 Å². The fourth-order valence-corrected chi connectivity index (χ4v) is 1.95. The number of aliphatic hydroxyl groups is 1. The van der Waals surface area contributed by atoms with Crippen molar-refractivity contribution < 1.29 is 14.7 Å². The SMILES string of the molecule is CCCCN(CCO)C(=O)Nc1ccc(C)c(C(N)=O)c1. The first kappa shape index (κ1) is 17.0. The van der Waals surface area contributed by atoms with Gasteiger partial charge in [-0.05, 0) is 31.0 Å². The van der Waals surface area contributed by atoms with Crippen LogP contribution >= 0.6 is 0 Å². The molecule has 0 aliphatic rings. The van der Waals surface area contributed by atoms with Crippen LogP contribution in [-0.2, 0) is 0 Å². The molecule has 4 N–H and O–H groups in total. The number of unbranched alkanes of at least 4 members (excludes halogenated alkanes) is 1. The van der Waals surface area contributed by atoms with Crippen LogP contribution in [0.3, 0.4) is 0 Å². The van der Waals surface area contributed by atoms with E-state index in [0.29, 0.717) is 17.8 Å². The standard InChI is InChI=1S/C15H23N3O3/c1-3-4-7-18(8-9-19)15(21)17-12-6-5-11(2)13(10-12)14(16)20/h5-6,10,19H,3-4,7-9H2,1-2H3,(H2,16,20)(H,17,21). The van der Waals surface area contributed by atoms with Crippen LogP contribution in [0, 0.1) is 6.92 Å². The molecule has 0 bridgehead atoms. The zero-order valence-corrected chi connectivity index (χ0v) is 12.6. The van der Waals surface area contributed by atoms with Gasteiger partial charge in [-0.15, -0.1) is 0 Å². The molecular formula is C15H23N3O3. The number of aliphatic hydroxyl groups excluding tert-OH is 1. The fraction of sp³-hybridized carbons (Fsp3) is 0.467. The van der Waals surface area contributed by atoms with Crippen LogP contribution in [0.2, 0.25) is 0 Å². The normalized spacial score (nSPS) is 10.2. The molecule has 3 amide bonds. The van der Waals surface area contributed by atoms with Crippen molar-refractivity contribution >= 4 is 17.6 Å². The largest absolute Gasteiger partial charge is 0.395 e. The van der Waals surface area contributed by atoms with Gasteiger partial charge in [0.1, 0.15) is 0 Å². The van der Waals surface area contributed by atoms with Crippen LogP contribution in [0.5, 0.6) is 0 Å². The molecule has 1 aromatic carbocycles. The molecule has 0 radical (unpaired) electrons. The number of carbonyl (C=O) groups is 2. The van der Waals surface area contributed by atoms with Crippen molar-refractivity contribution in [3.05, 3.63) is 29.3 Å². The average Bonchev–Trinajstić information content (AvgIpc) is 2.45. The Morgan fingerprint density at radius 1 is 1.33 bits per heavy atom. The third kappa shape index (κ3) is 5.07. The maximum Gasteiger partial charge on any atom is 0.321 e. The smallest absolute Gasteiger partial charge is 0.321 e. The number of amides is 3. The van der Waals surface area contributed by atoms with Gasteiger partial charge >= 0.3 is 6.03 Å². The number of benzene rings is 1. The number of aryl methyl sites for hydroxylation is 1. The first-order chi connectivity index (χ1) is 9.99. The molecule has 0 aliphatic carbocycles. The van der Waals surface area contributed by atoms with Crippen molar-refractivity contribution in [1.82, 2.24) is 4.90 Å². The molecule has 0 spiro atoms. The second kappa shape index (κ2) is 8.26. The van der Waals surface area contributed by atoms with Gasteiger partial charge in [-0.2, -0.15) is 0 Å². The van der Waals surface area contributed by atoms with Crippen LogP contribution in [0.15, 0.2) is 18.2 Å². The number of primary amides is 1. The fourth-order valence-electron chi connectivity index (χ4n) is 1.95. The number of carbonyl (C=O) groups excluding carboxylic acids is 2. The van der Waals surface area contributed by atoms with Gasteiger partial charge in [-0.25, -0.2) is 4.79 Å². The van der Waals surface area contributed by atoms with Crippen LogP contribution in [0.4, 0.5) is 10.5 Å². The van der Waals surface area contributed by atoms with Gasteiger partial charge < -0.3 is 21.1 Å². The lowest BCUT2D eigenvalue weighted by Gasteiger charge is -2.22. The van der Waals surface area contributed by atoms with Gasteiger partial charge in [-0.3, -0.25) is 4.79 Å². The number of urea groups is 1. The minimum absolute atomic E-state index is 0.0857. The minimum atomic E-state index is -0.526. The van der Waals surface area contributed by atoms with Gasteiger partial charge in [0, 0.05) is 24.3 Å². The van der Waals surface area contributed by atoms with E-state index >= 15 is 0 Å². The molecule has 0 aliphatic heterocycles. The van der Waals surface area contributed by atoms with E-state index in [1.165, 1.54) is 0 Å². The van der Waals surface area contributed by atoms with Gasteiger partial charge in [0.15, 0.2) is 0 Å². The average molecular weight is 293 g/mol. The second-order valence-corrected chi connectivity index (χ2v) is 4.89. The predicted molar refractivity (Wildman–Crippen MR) is 82.3 cm³/mol. The van der Waals surface area contributed by atoms with Crippen molar-refractivity contribution in [3.8, 4) is 0 Å². The molecule has 0 atom stereocenters. The summed E-state index contributed by atoms with van der Waals surface area (Å²) in [6, 6.07) is 4.72. The molecule has 0 fully saturated rings. The topological polar surface area (TPSA) is 95.7 Å². The molecule has 116 valence electrons. The van der Waals surface area contributed by atoms with E-state index in [4.69, 9.17) is 10.8 Å². The van der Waals surface area contributed by atoms with Gasteiger partial charge in [0.05, 0.1) is 6.61 Å². The molecule has 6 nitrogen and oxygen atoms in total. The number of nitrogens with two attached hydrogens (primary N) is 1. The molecule has 0 heterocycles. The third-order valence-electron chi connectivity index (χ3n) is 3.19. The van der Waals surface area contributed by atoms with Gasteiger partial charge in [0.2, 0.25) is 5.91 Å². The maximum absolute atomic E-state index is 12.2. The zero-order valence-electron chi connectivity index (χ0n) is 12.6. The Kier molecular flexibility index (Phi) is 6.68. The quantitative estimate of drug-likeness (QED) is 0.714. The van der Waals surface area contributed by atoms with Crippen molar-refractivity contribution in [2.75, 3.05) is 25.0 Å². The summed E-state index contributed by atoms with van der Waals surface area (Å²) in [5.74, 6) is -0.526. The molecule has 6 heteroatoms. The van der Waals surface area contributed by atoms with E-state index in [2.05, 4.69) is 5.32 Å². The molecule has 1 aromatic rings. The predicted octanol–water partition coefficient (Wildman–Crippen LogP) is 1.72. The Hall–Kier alpha value is -2.08. The zero-order chi connectivity index (χ0) is 15.8. The van der Waals surface area contributed by atoms with Crippen molar-refractivity contribution in [1.29, 1.82) is 0 Å². The number of hydrogen-bond acceptors (Lipinski definition) is 3. The summed E-state index contributed by atoms with van der Waals surface area (Å²) in [7, 11) is 0. The summed E-state index contributed by atoms with van der Waals surface area (Å²) < 4.78 is 0. The lowest BCUT2D eigenvalue weighted by atomic mass is 10.1. The van der Waals surface area contributed by atoms with Crippen molar-refractivity contribution in [2.24, 2.45) is 5.73 Å². The number of hydrogen-bond donors (Lipinski definition) is 3. The Bertz CT molecular complexity index is 503. The summed E-state index contributed by atoms with van der Waals surface area (Å²) in [6.45, 7) is 4.59. The molecule has 0 saturated carbocycles. The van der Waals surface area contributed by atoms with Crippen molar-refractivity contribution in [2.45, 2.75) is 26.7 Å². The highest BCUT2D eigenvalue weighted by Crippen LogP contribution is 2.15. The first-order valence-electron chi connectivity index (χ1n) is 7.06. The third-order valence-corrected chi connectivity index (χ3v) is 3.19. The molecule has 0 unspecified atom stereocenters. The highest BCUT2D eigenvalue weighted by Gasteiger charge is 2.13. The Labute approximate surface area is 124 Å². The second-order valence-electron chi connectivity index (χ2n) is 4.89. The van der Waals surface area contributed by atoms with E-state index in [1.807, 2.05) is 6.92 Å². The van der Waals surface area contributed by atoms with E-state index in [9.17, 15) is 9.59 Å². The highest BCUT2D eigenvalue weighted by molar-refractivity contribution is 5.97. The maximum atomic E-state index is 12.2. The Morgan fingerprint density at radius 2 is 2.05 bits per heavy atom. The minimum Gasteiger partial charge on any atom is -0.395 e. The molecule has 0 aromatic heterocycles. The molecular weight excluding hydrogens is 270 g/mol. The summed E-state index contributed by atoms with van der Waals surface area (Å²) in [6.07, 6.45) is 1.83. The van der Waals surface area contributed by atoms with E-state index in [0.717, 1.165) is 18.4 Å². The van der Waals surface area contributed by atoms with Gasteiger partial charge in [-0.1, -0.05) is 19.4 Å². The van der Waals surface area contributed by atoms with E-state index in [1.54, 1.807) is 30.0 Å². The monoisotopic (exact) mass is 293 g/mol. The first-order valence-corrected chi connectivity index (χ1v) is 7.06. The van der Waals surface area contributed by atoms with E-state index < -0.39 is 5.91 Å². The van der Waals surface area contributed by atoms with Crippen LogP contribution in [0.1, 0.15) is 35.7 Å². The van der Waals surface area contributed by atoms with Crippen LogP contribution in [0.25, 0.3) is 0 Å². The summed E-state index contributed by atoms with van der Waals surface area (Å²) in [5, 5.41) is 11.7. The summed E-state index contributed by atoms with van der Waals surface area (Å²) in [5.41, 5.74) is 6.95. The Morgan fingerprint density at radius 3 is 2.62 bits per heavy atom. The molecule has 1 rings (SSSR count). The van der Waals surface area contributed by atoms with Gasteiger partial charge in [0.25, 0.3) is 0 Å². The molecule has 21 heavy (non-hydrogen) atoms. The number of rotatable bonds is 7.